The Morgan fingerprint density at radius 3 is 3.15 bits per heavy atom. The van der Waals surface area contributed by atoms with Crippen molar-refractivity contribution in [2.75, 3.05) is 5.32 Å². The van der Waals surface area contributed by atoms with Crippen molar-refractivity contribution in [1.82, 2.24) is 14.8 Å². The Hall–Kier alpha value is -1.65. The lowest BCUT2D eigenvalue weighted by molar-refractivity contribution is -0.111. The summed E-state index contributed by atoms with van der Waals surface area (Å²) in [6.07, 6.45) is 5.13. The van der Waals surface area contributed by atoms with E-state index in [-0.39, 0.29) is 5.91 Å². The first-order chi connectivity index (χ1) is 6.29. The second-order valence-electron chi connectivity index (χ2n) is 2.97. The number of carbonyl (C=O) groups excluding carboxylic acids is 1. The highest BCUT2D eigenvalue weighted by atomic mass is 16.1. The summed E-state index contributed by atoms with van der Waals surface area (Å²) in [4.78, 5) is 14.8. The van der Waals surface area contributed by atoms with Crippen LogP contribution in [0.5, 0.6) is 0 Å². The van der Waals surface area contributed by atoms with Crippen LogP contribution in [0.3, 0.4) is 0 Å². The van der Waals surface area contributed by atoms with Crippen molar-refractivity contribution in [1.29, 1.82) is 0 Å². The van der Waals surface area contributed by atoms with Crippen molar-refractivity contribution in [2.45, 2.75) is 18.9 Å². The molecule has 0 radical (unpaired) electrons. The van der Waals surface area contributed by atoms with Gasteiger partial charge in [-0.3, -0.25) is 10.1 Å². The smallest absolute Gasteiger partial charge is 0.250 e. The molecule has 1 amide bonds. The van der Waals surface area contributed by atoms with Gasteiger partial charge in [0.1, 0.15) is 6.33 Å². The standard InChI is InChI=1S/C8H10N4O/c1-2-7(13)10-8-9-5-12(11-8)6-3-4-6/h2,5-6H,1,3-4H2,(H,10,11,13). The molecule has 1 fully saturated rings. The molecule has 2 rings (SSSR count). The highest BCUT2D eigenvalue weighted by Gasteiger charge is 2.24. The molecule has 1 aliphatic rings. The minimum atomic E-state index is -0.284. The molecule has 5 nitrogen and oxygen atoms in total. The second-order valence-corrected chi connectivity index (χ2v) is 2.97. The third-order valence-electron chi connectivity index (χ3n) is 1.85. The molecule has 1 saturated carbocycles. The number of aromatic nitrogens is 3. The Morgan fingerprint density at radius 1 is 1.77 bits per heavy atom. The number of carbonyl (C=O) groups is 1. The first-order valence-corrected chi connectivity index (χ1v) is 4.14. The summed E-state index contributed by atoms with van der Waals surface area (Å²) in [6.45, 7) is 3.34. The Kier molecular flexibility index (Phi) is 1.84. The quantitative estimate of drug-likeness (QED) is 0.694. The van der Waals surface area contributed by atoms with Gasteiger partial charge in [0.15, 0.2) is 0 Å². The van der Waals surface area contributed by atoms with Gasteiger partial charge in [-0.05, 0) is 18.9 Å². The number of anilines is 1. The molecule has 0 aliphatic heterocycles. The van der Waals surface area contributed by atoms with E-state index in [1.807, 2.05) is 0 Å². The monoisotopic (exact) mass is 178 g/mol. The molecule has 1 heterocycles. The lowest BCUT2D eigenvalue weighted by atomic mass is 10.6. The van der Waals surface area contributed by atoms with Crippen LogP contribution in [0.4, 0.5) is 5.95 Å². The average molecular weight is 178 g/mol. The fraction of sp³-hybridized carbons (Fsp3) is 0.375. The Morgan fingerprint density at radius 2 is 2.54 bits per heavy atom. The lowest BCUT2D eigenvalue weighted by Gasteiger charge is -1.94. The third kappa shape index (κ3) is 1.74. The molecule has 1 aromatic heterocycles. The van der Waals surface area contributed by atoms with Crippen LogP contribution in [0.15, 0.2) is 19.0 Å². The van der Waals surface area contributed by atoms with Gasteiger partial charge in [0, 0.05) is 0 Å². The van der Waals surface area contributed by atoms with Gasteiger partial charge >= 0.3 is 0 Å². The molecule has 1 aliphatic carbocycles. The van der Waals surface area contributed by atoms with Crippen LogP contribution in [-0.4, -0.2) is 20.7 Å². The molecule has 0 spiro atoms. The largest absolute Gasteiger partial charge is 0.290 e. The topological polar surface area (TPSA) is 59.8 Å². The molecule has 0 saturated heterocycles. The normalized spacial score (nSPS) is 15.4. The summed E-state index contributed by atoms with van der Waals surface area (Å²) >= 11 is 0. The number of nitrogens with zero attached hydrogens (tertiary/aromatic N) is 3. The van der Waals surface area contributed by atoms with Gasteiger partial charge in [-0.1, -0.05) is 6.58 Å². The van der Waals surface area contributed by atoms with Crippen molar-refractivity contribution in [3.8, 4) is 0 Å². The number of nitrogens with one attached hydrogen (secondary N) is 1. The van der Waals surface area contributed by atoms with Gasteiger partial charge < -0.3 is 0 Å². The summed E-state index contributed by atoms with van der Waals surface area (Å²) < 4.78 is 1.78. The lowest BCUT2D eigenvalue weighted by Crippen LogP contribution is -2.09. The number of rotatable bonds is 3. The molecule has 13 heavy (non-hydrogen) atoms. The minimum Gasteiger partial charge on any atom is -0.290 e. The van der Waals surface area contributed by atoms with Crippen LogP contribution in [0, 0.1) is 0 Å². The van der Waals surface area contributed by atoms with E-state index in [4.69, 9.17) is 0 Å². The van der Waals surface area contributed by atoms with Gasteiger partial charge in [0.25, 0.3) is 0 Å². The zero-order chi connectivity index (χ0) is 9.26. The molecule has 0 bridgehead atoms. The van der Waals surface area contributed by atoms with Gasteiger partial charge in [-0.25, -0.2) is 9.67 Å². The SMILES string of the molecule is C=CC(=O)Nc1ncn(C2CC2)n1. The predicted molar refractivity (Wildman–Crippen MR) is 47.1 cm³/mol. The van der Waals surface area contributed by atoms with Crippen molar-refractivity contribution in [2.24, 2.45) is 0 Å². The fourth-order valence-electron chi connectivity index (χ4n) is 1.01. The molecule has 68 valence electrons. The molecule has 0 atom stereocenters. The summed E-state index contributed by atoms with van der Waals surface area (Å²) in [5.41, 5.74) is 0. The zero-order valence-electron chi connectivity index (χ0n) is 7.10. The molecule has 0 aromatic carbocycles. The van der Waals surface area contributed by atoms with E-state index in [0.29, 0.717) is 12.0 Å². The van der Waals surface area contributed by atoms with Crippen LogP contribution in [0.25, 0.3) is 0 Å². The molecule has 5 heteroatoms. The summed E-state index contributed by atoms with van der Waals surface area (Å²) in [7, 11) is 0. The van der Waals surface area contributed by atoms with Crippen molar-refractivity contribution >= 4 is 11.9 Å². The Bertz CT molecular complexity index is 340. The highest BCUT2D eigenvalue weighted by molar-refractivity contribution is 5.97. The van der Waals surface area contributed by atoms with Gasteiger partial charge in [-0.2, -0.15) is 0 Å². The molecular formula is C8H10N4O. The van der Waals surface area contributed by atoms with Gasteiger partial charge in [0.05, 0.1) is 6.04 Å². The average Bonchev–Trinajstić information content (AvgIpc) is 2.88. The van der Waals surface area contributed by atoms with E-state index in [0.717, 1.165) is 12.8 Å². The van der Waals surface area contributed by atoms with Crippen LogP contribution < -0.4 is 5.32 Å². The van der Waals surface area contributed by atoms with Crippen LogP contribution >= 0.6 is 0 Å². The third-order valence-corrected chi connectivity index (χ3v) is 1.85. The van der Waals surface area contributed by atoms with Crippen LogP contribution in [-0.2, 0) is 4.79 Å². The first kappa shape index (κ1) is 7.97. The van der Waals surface area contributed by atoms with Crippen LogP contribution in [0.2, 0.25) is 0 Å². The number of hydrogen-bond acceptors (Lipinski definition) is 3. The molecular weight excluding hydrogens is 168 g/mol. The van der Waals surface area contributed by atoms with E-state index in [1.165, 1.54) is 6.08 Å². The van der Waals surface area contributed by atoms with Gasteiger partial charge in [0.2, 0.25) is 11.9 Å². The van der Waals surface area contributed by atoms with Crippen molar-refractivity contribution in [3.05, 3.63) is 19.0 Å². The maximum absolute atomic E-state index is 10.9. The number of amides is 1. The van der Waals surface area contributed by atoms with E-state index in [1.54, 1.807) is 11.0 Å². The van der Waals surface area contributed by atoms with E-state index in [2.05, 4.69) is 22.0 Å². The van der Waals surface area contributed by atoms with E-state index >= 15 is 0 Å². The molecule has 1 aromatic rings. The van der Waals surface area contributed by atoms with Crippen molar-refractivity contribution < 1.29 is 4.79 Å². The zero-order valence-corrected chi connectivity index (χ0v) is 7.10. The maximum Gasteiger partial charge on any atom is 0.250 e. The second kappa shape index (κ2) is 3.01. The molecule has 1 N–H and O–H groups in total. The number of hydrogen-bond donors (Lipinski definition) is 1. The van der Waals surface area contributed by atoms with E-state index in [9.17, 15) is 4.79 Å². The minimum absolute atomic E-state index is 0.284. The maximum atomic E-state index is 10.9. The summed E-state index contributed by atoms with van der Waals surface area (Å²) in [5, 5.41) is 6.58. The fourth-order valence-corrected chi connectivity index (χ4v) is 1.01. The predicted octanol–water partition coefficient (Wildman–Crippen LogP) is 0.737. The first-order valence-electron chi connectivity index (χ1n) is 4.14. The van der Waals surface area contributed by atoms with Crippen LogP contribution in [0.1, 0.15) is 18.9 Å². The van der Waals surface area contributed by atoms with Crippen molar-refractivity contribution in [3.63, 3.8) is 0 Å². The van der Waals surface area contributed by atoms with E-state index < -0.39 is 0 Å². The Labute approximate surface area is 75.5 Å². The van der Waals surface area contributed by atoms with Gasteiger partial charge in [-0.15, -0.1) is 5.10 Å². The summed E-state index contributed by atoms with van der Waals surface area (Å²) in [5.74, 6) is 0.0605. The molecule has 0 unspecified atom stereocenters. The highest BCUT2D eigenvalue weighted by Crippen LogP contribution is 2.33. The summed E-state index contributed by atoms with van der Waals surface area (Å²) in [6, 6.07) is 0.488. The Balaban J connectivity index is 2.04.